The second kappa shape index (κ2) is 4.92. The van der Waals surface area contributed by atoms with Crippen molar-refractivity contribution in [2.75, 3.05) is 19.6 Å². The van der Waals surface area contributed by atoms with Gasteiger partial charge in [0.1, 0.15) is 0 Å². The van der Waals surface area contributed by atoms with Gasteiger partial charge in [0.25, 0.3) is 0 Å². The van der Waals surface area contributed by atoms with Crippen molar-refractivity contribution >= 4 is 5.91 Å². The lowest BCUT2D eigenvalue weighted by atomic mass is 10.0. The van der Waals surface area contributed by atoms with Crippen LogP contribution in [0, 0.1) is 0 Å². The van der Waals surface area contributed by atoms with Gasteiger partial charge in [0.15, 0.2) is 0 Å². The van der Waals surface area contributed by atoms with Gasteiger partial charge in [0, 0.05) is 24.2 Å². The molecular formula is C16H27N3O. The summed E-state index contributed by atoms with van der Waals surface area (Å²) in [6.45, 7) is 15.0. The highest BCUT2D eigenvalue weighted by atomic mass is 16.2. The first-order valence-electron chi connectivity index (χ1n) is 7.32. The minimum Gasteiger partial charge on any atom is -0.375 e. The summed E-state index contributed by atoms with van der Waals surface area (Å²) in [5, 5.41) is 3.26. The van der Waals surface area contributed by atoms with E-state index in [-0.39, 0.29) is 17.0 Å². The molecule has 0 aromatic rings. The van der Waals surface area contributed by atoms with E-state index in [2.05, 4.69) is 63.9 Å². The third-order valence-electron chi connectivity index (χ3n) is 3.83. The normalized spacial score (nSPS) is 21.7. The fourth-order valence-corrected chi connectivity index (χ4v) is 2.77. The van der Waals surface area contributed by atoms with Gasteiger partial charge < -0.3 is 10.2 Å². The molecule has 2 rings (SSSR count). The highest BCUT2D eigenvalue weighted by molar-refractivity contribution is 5.83. The highest BCUT2D eigenvalue weighted by Crippen LogP contribution is 2.29. The first-order valence-corrected chi connectivity index (χ1v) is 7.32. The summed E-state index contributed by atoms with van der Waals surface area (Å²) in [6, 6.07) is 0. The summed E-state index contributed by atoms with van der Waals surface area (Å²) in [5.41, 5.74) is 2.07. The molecular weight excluding hydrogens is 250 g/mol. The summed E-state index contributed by atoms with van der Waals surface area (Å²) in [7, 11) is 0. The molecule has 112 valence electrons. The van der Waals surface area contributed by atoms with Gasteiger partial charge in [0.05, 0.1) is 17.9 Å². The maximum absolute atomic E-state index is 12.4. The Kier molecular flexibility index (Phi) is 3.71. The van der Waals surface area contributed by atoms with Crippen LogP contribution in [-0.2, 0) is 4.79 Å². The molecule has 0 saturated carbocycles. The number of hydrogen-bond acceptors (Lipinski definition) is 3. The molecule has 0 atom stereocenters. The third-order valence-corrected chi connectivity index (χ3v) is 3.83. The Morgan fingerprint density at radius 3 is 2.30 bits per heavy atom. The number of amides is 1. The van der Waals surface area contributed by atoms with Crippen LogP contribution in [0.2, 0.25) is 0 Å². The molecule has 4 nitrogen and oxygen atoms in total. The van der Waals surface area contributed by atoms with Crippen LogP contribution in [0.4, 0.5) is 0 Å². The molecule has 1 N–H and O–H groups in total. The zero-order valence-corrected chi connectivity index (χ0v) is 13.6. The van der Waals surface area contributed by atoms with Crippen molar-refractivity contribution in [1.29, 1.82) is 0 Å². The van der Waals surface area contributed by atoms with Gasteiger partial charge in [-0.1, -0.05) is 6.08 Å². The van der Waals surface area contributed by atoms with Crippen LogP contribution >= 0.6 is 0 Å². The number of rotatable bonds is 0. The van der Waals surface area contributed by atoms with E-state index in [1.54, 1.807) is 0 Å². The van der Waals surface area contributed by atoms with Crippen LogP contribution in [0.5, 0.6) is 0 Å². The van der Waals surface area contributed by atoms with Crippen LogP contribution in [0.15, 0.2) is 23.5 Å². The fraction of sp³-hybridized carbons (Fsp3) is 0.688. The SMILES string of the molecule is CC(C)(C)N1CC=CC2=C(C1)N(C(C)(C)C)C(=O)CN2. The molecule has 0 spiro atoms. The largest absolute Gasteiger partial charge is 0.375 e. The summed E-state index contributed by atoms with van der Waals surface area (Å²) >= 11 is 0. The number of carbonyl (C=O) groups excluding carboxylic acids is 1. The Hall–Kier alpha value is -1.29. The van der Waals surface area contributed by atoms with Gasteiger partial charge in [-0.2, -0.15) is 0 Å². The summed E-state index contributed by atoms with van der Waals surface area (Å²) in [5.74, 6) is 0.153. The van der Waals surface area contributed by atoms with Crippen LogP contribution in [0.25, 0.3) is 0 Å². The predicted molar refractivity (Wildman–Crippen MR) is 82.1 cm³/mol. The van der Waals surface area contributed by atoms with Crippen LogP contribution in [0.1, 0.15) is 41.5 Å². The maximum Gasteiger partial charge on any atom is 0.246 e. The van der Waals surface area contributed by atoms with E-state index in [0.29, 0.717) is 6.54 Å². The van der Waals surface area contributed by atoms with E-state index in [1.807, 2.05) is 4.90 Å². The lowest BCUT2D eigenvalue weighted by Crippen LogP contribution is -2.55. The summed E-state index contributed by atoms with van der Waals surface area (Å²) in [4.78, 5) is 16.7. The van der Waals surface area contributed by atoms with Gasteiger partial charge in [-0.3, -0.25) is 9.69 Å². The van der Waals surface area contributed by atoms with Crippen molar-refractivity contribution in [1.82, 2.24) is 15.1 Å². The van der Waals surface area contributed by atoms with Gasteiger partial charge in [-0.05, 0) is 47.6 Å². The van der Waals surface area contributed by atoms with E-state index in [9.17, 15) is 4.79 Å². The maximum atomic E-state index is 12.4. The molecule has 0 fully saturated rings. The van der Waals surface area contributed by atoms with Crippen LogP contribution in [0.3, 0.4) is 0 Å². The average Bonchev–Trinajstić information content (AvgIpc) is 2.48. The Morgan fingerprint density at radius 2 is 1.75 bits per heavy atom. The Balaban J connectivity index is 2.42. The number of carbonyl (C=O) groups is 1. The van der Waals surface area contributed by atoms with Crippen molar-refractivity contribution < 1.29 is 4.79 Å². The van der Waals surface area contributed by atoms with E-state index >= 15 is 0 Å². The van der Waals surface area contributed by atoms with Crippen molar-refractivity contribution in [2.24, 2.45) is 0 Å². The van der Waals surface area contributed by atoms with Crippen LogP contribution in [-0.4, -0.2) is 46.4 Å². The van der Waals surface area contributed by atoms with Gasteiger partial charge in [-0.25, -0.2) is 0 Å². The molecule has 0 aliphatic carbocycles. The minimum atomic E-state index is -0.193. The van der Waals surface area contributed by atoms with E-state index < -0.39 is 0 Å². The standard InChI is InChI=1S/C16H27N3O/c1-15(2,3)18-9-7-8-12-13(11-18)19(16(4,5)6)14(20)10-17-12/h7-8,17H,9-11H2,1-6H3. The van der Waals surface area contributed by atoms with Crippen molar-refractivity contribution in [3.8, 4) is 0 Å². The number of allylic oxidation sites excluding steroid dienone is 1. The van der Waals surface area contributed by atoms with Crippen molar-refractivity contribution in [3.63, 3.8) is 0 Å². The van der Waals surface area contributed by atoms with Crippen molar-refractivity contribution in [2.45, 2.75) is 52.6 Å². The molecule has 0 radical (unpaired) electrons. The Bertz CT molecular complexity index is 463. The average molecular weight is 277 g/mol. The van der Waals surface area contributed by atoms with Crippen LogP contribution < -0.4 is 5.32 Å². The number of nitrogens with one attached hydrogen (secondary N) is 1. The molecule has 0 aromatic carbocycles. The fourth-order valence-electron chi connectivity index (χ4n) is 2.77. The number of nitrogens with zero attached hydrogens (tertiary/aromatic N) is 2. The highest BCUT2D eigenvalue weighted by Gasteiger charge is 2.36. The molecule has 0 bridgehead atoms. The molecule has 2 heterocycles. The summed E-state index contributed by atoms with van der Waals surface area (Å²) < 4.78 is 0. The first kappa shape index (κ1) is 15.1. The topological polar surface area (TPSA) is 35.6 Å². The zero-order chi connectivity index (χ0) is 15.1. The van der Waals surface area contributed by atoms with Gasteiger partial charge in [-0.15, -0.1) is 0 Å². The van der Waals surface area contributed by atoms with E-state index in [1.165, 1.54) is 0 Å². The van der Waals surface area contributed by atoms with Gasteiger partial charge in [0.2, 0.25) is 5.91 Å². The second-order valence-electron chi connectivity index (χ2n) is 7.57. The molecule has 0 saturated heterocycles. The Morgan fingerprint density at radius 1 is 1.10 bits per heavy atom. The number of hydrogen-bond donors (Lipinski definition) is 1. The lowest BCUT2D eigenvalue weighted by molar-refractivity contribution is -0.133. The molecule has 0 unspecified atom stereocenters. The molecule has 20 heavy (non-hydrogen) atoms. The smallest absolute Gasteiger partial charge is 0.246 e. The monoisotopic (exact) mass is 277 g/mol. The minimum absolute atomic E-state index is 0.0802. The van der Waals surface area contributed by atoms with Gasteiger partial charge >= 0.3 is 0 Å². The summed E-state index contributed by atoms with van der Waals surface area (Å²) in [6.07, 6.45) is 4.30. The lowest BCUT2D eigenvalue weighted by Gasteiger charge is -2.44. The first-order chi connectivity index (χ1) is 9.10. The second-order valence-corrected chi connectivity index (χ2v) is 7.57. The quantitative estimate of drug-likeness (QED) is 0.736. The third kappa shape index (κ3) is 2.90. The predicted octanol–water partition coefficient (Wildman–Crippen LogP) is 2.10. The van der Waals surface area contributed by atoms with E-state index in [4.69, 9.17) is 0 Å². The molecule has 0 aromatic heterocycles. The van der Waals surface area contributed by atoms with Crippen molar-refractivity contribution in [3.05, 3.63) is 23.5 Å². The molecule has 4 heteroatoms. The Labute approximate surface area is 122 Å². The molecule has 1 amide bonds. The molecule has 2 aliphatic heterocycles. The van der Waals surface area contributed by atoms with E-state index in [0.717, 1.165) is 24.5 Å². The molecule has 2 aliphatic rings. The zero-order valence-electron chi connectivity index (χ0n) is 13.6.